The molecule has 0 aromatic carbocycles. The summed E-state index contributed by atoms with van der Waals surface area (Å²) in [6.45, 7) is 2.68. The van der Waals surface area contributed by atoms with Gasteiger partial charge in [0.2, 0.25) is 0 Å². The molecule has 0 aliphatic carbocycles. The summed E-state index contributed by atoms with van der Waals surface area (Å²) in [5.74, 6) is 5.30. The van der Waals surface area contributed by atoms with Gasteiger partial charge < -0.3 is 10.1 Å². The van der Waals surface area contributed by atoms with Crippen LogP contribution < -0.4 is 16.6 Å². The lowest BCUT2D eigenvalue weighted by Gasteiger charge is -2.38. The third-order valence-electron chi connectivity index (χ3n) is 2.35. The largest absolute Gasteiger partial charge is 0.377 e. The molecular formula is C6H13N3O. The minimum atomic E-state index is 0.275. The predicted octanol–water partition coefficient (Wildman–Crippen LogP) is -1.42. The second-order valence-corrected chi connectivity index (χ2v) is 3.22. The molecule has 2 aliphatic heterocycles. The molecule has 2 heterocycles. The highest BCUT2D eigenvalue weighted by Gasteiger charge is 2.44. The van der Waals surface area contributed by atoms with Crippen LogP contribution in [0.25, 0.3) is 0 Å². The zero-order chi connectivity index (χ0) is 7.03. The number of hydrazine groups is 1. The first-order valence-corrected chi connectivity index (χ1v) is 3.64. The van der Waals surface area contributed by atoms with Gasteiger partial charge in [-0.25, -0.2) is 0 Å². The summed E-state index contributed by atoms with van der Waals surface area (Å²) < 4.78 is 5.12. The molecule has 0 bridgehead atoms. The van der Waals surface area contributed by atoms with Gasteiger partial charge in [-0.15, -0.1) is 0 Å². The van der Waals surface area contributed by atoms with Crippen LogP contribution in [-0.2, 0) is 4.74 Å². The third-order valence-corrected chi connectivity index (χ3v) is 2.35. The number of nitrogens with two attached hydrogens (primary N) is 1. The number of nitrogens with one attached hydrogen (secondary N) is 2. The SMILES string of the molecule is NNC1CNC2(COC2)C1. The fraction of sp³-hybridized carbons (Fsp3) is 1.00. The molecule has 58 valence electrons. The normalized spacial score (nSPS) is 36.3. The van der Waals surface area contributed by atoms with E-state index in [0.717, 1.165) is 26.2 Å². The number of ether oxygens (including phenoxy) is 1. The van der Waals surface area contributed by atoms with E-state index in [4.69, 9.17) is 10.6 Å². The molecule has 2 rings (SSSR count). The van der Waals surface area contributed by atoms with Gasteiger partial charge in [0.05, 0.1) is 18.8 Å². The summed E-state index contributed by atoms with van der Waals surface area (Å²) in [5, 5.41) is 3.40. The summed E-state index contributed by atoms with van der Waals surface area (Å²) in [6.07, 6.45) is 1.10. The Morgan fingerprint density at radius 1 is 1.60 bits per heavy atom. The van der Waals surface area contributed by atoms with Crippen molar-refractivity contribution < 1.29 is 4.74 Å². The van der Waals surface area contributed by atoms with Gasteiger partial charge >= 0.3 is 0 Å². The van der Waals surface area contributed by atoms with Gasteiger partial charge in [-0.1, -0.05) is 0 Å². The van der Waals surface area contributed by atoms with Gasteiger partial charge in [0.25, 0.3) is 0 Å². The Morgan fingerprint density at radius 3 is 2.70 bits per heavy atom. The van der Waals surface area contributed by atoms with E-state index >= 15 is 0 Å². The minimum absolute atomic E-state index is 0.275. The van der Waals surface area contributed by atoms with Crippen molar-refractivity contribution in [1.82, 2.24) is 10.7 Å². The number of hydrogen-bond acceptors (Lipinski definition) is 4. The van der Waals surface area contributed by atoms with Crippen LogP contribution in [0, 0.1) is 0 Å². The first-order valence-electron chi connectivity index (χ1n) is 3.64. The van der Waals surface area contributed by atoms with Crippen LogP contribution in [0.2, 0.25) is 0 Å². The van der Waals surface area contributed by atoms with Crippen LogP contribution in [0.15, 0.2) is 0 Å². The maximum absolute atomic E-state index is 5.30. The molecule has 0 radical (unpaired) electrons. The summed E-state index contributed by atoms with van der Waals surface area (Å²) in [7, 11) is 0. The van der Waals surface area contributed by atoms with Crippen LogP contribution >= 0.6 is 0 Å². The lowest BCUT2D eigenvalue weighted by molar-refractivity contribution is -0.0651. The molecule has 1 atom stereocenters. The van der Waals surface area contributed by atoms with Crippen molar-refractivity contribution in [2.75, 3.05) is 19.8 Å². The maximum Gasteiger partial charge on any atom is 0.0672 e. The van der Waals surface area contributed by atoms with Crippen molar-refractivity contribution in [2.45, 2.75) is 18.0 Å². The van der Waals surface area contributed by atoms with Gasteiger partial charge in [0, 0.05) is 12.6 Å². The Labute approximate surface area is 60.1 Å². The van der Waals surface area contributed by atoms with E-state index in [0.29, 0.717) is 6.04 Å². The minimum Gasteiger partial charge on any atom is -0.377 e. The average Bonchev–Trinajstić information content (AvgIpc) is 2.29. The quantitative estimate of drug-likeness (QED) is 0.311. The predicted molar refractivity (Wildman–Crippen MR) is 37.3 cm³/mol. The monoisotopic (exact) mass is 143 g/mol. The van der Waals surface area contributed by atoms with Crippen molar-refractivity contribution in [1.29, 1.82) is 0 Å². The smallest absolute Gasteiger partial charge is 0.0672 e. The molecule has 0 aromatic rings. The first kappa shape index (κ1) is 6.54. The summed E-state index contributed by atoms with van der Waals surface area (Å²) in [6, 6.07) is 0.434. The van der Waals surface area contributed by atoms with E-state index in [-0.39, 0.29) is 5.54 Å². The highest BCUT2D eigenvalue weighted by molar-refractivity contribution is 5.03. The molecular weight excluding hydrogens is 130 g/mol. The van der Waals surface area contributed by atoms with E-state index < -0.39 is 0 Å². The van der Waals surface area contributed by atoms with Crippen LogP contribution in [0.3, 0.4) is 0 Å². The highest BCUT2D eigenvalue weighted by atomic mass is 16.5. The van der Waals surface area contributed by atoms with Gasteiger partial charge in [0.1, 0.15) is 0 Å². The second-order valence-electron chi connectivity index (χ2n) is 3.22. The fourth-order valence-corrected chi connectivity index (χ4v) is 1.64. The zero-order valence-electron chi connectivity index (χ0n) is 5.89. The van der Waals surface area contributed by atoms with E-state index in [9.17, 15) is 0 Å². The van der Waals surface area contributed by atoms with Crippen molar-refractivity contribution in [3.63, 3.8) is 0 Å². The van der Waals surface area contributed by atoms with Gasteiger partial charge in [0.15, 0.2) is 0 Å². The van der Waals surface area contributed by atoms with Crippen molar-refractivity contribution in [3.05, 3.63) is 0 Å². The molecule has 4 heteroatoms. The maximum atomic E-state index is 5.30. The van der Waals surface area contributed by atoms with Crippen LogP contribution in [0.5, 0.6) is 0 Å². The van der Waals surface area contributed by atoms with E-state index in [1.54, 1.807) is 0 Å². The summed E-state index contributed by atoms with van der Waals surface area (Å²) in [5.41, 5.74) is 3.04. The highest BCUT2D eigenvalue weighted by Crippen LogP contribution is 2.26. The molecule has 0 amide bonds. The molecule has 0 aromatic heterocycles. The molecule has 0 saturated carbocycles. The Balaban J connectivity index is 1.92. The van der Waals surface area contributed by atoms with Gasteiger partial charge in [-0.05, 0) is 6.42 Å². The molecule has 1 spiro atoms. The molecule has 2 saturated heterocycles. The van der Waals surface area contributed by atoms with Gasteiger partial charge in [-0.2, -0.15) is 0 Å². The van der Waals surface area contributed by atoms with Crippen molar-refractivity contribution in [2.24, 2.45) is 5.84 Å². The number of rotatable bonds is 1. The standard InChI is InChI=1S/C6H13N3O/c7-9-5-1-6(8-2-5)3-10-4-6/h5,8-9H,1-4,7H2. The van der Waals surface area contributed by atoms with Crippen LogP contribution in [0.4, 0.5) is 0 Å². The average molecular weight is 143 g/mol. The molecule has 2 aliphatic rings. The molecule has 10 heavy (non-hydrogen) atoms. The topological polar surface area (TPSA) is 59.3 Å². The third kappa shape index (κ3) is 0.845. The number of hydrogen-bond donors (Lipinski definition) is 3. The van der Waals surface area contributed by atoms with Crippen LogP contribution in [0.1, 0.15) is 6.42 Å². The Bertz CT molecular complexity index is 135. The van der Waals surface area contributed by atoms with Crippen molar-refractivity contribution >= 4 is 0 Å². The van der Waals surface area contributed by atoms with Gasteiger partial charge in [-0.3, -0.25) is 11.3 Å². The Morgan fingerprint density at radius 2 is 2.40 bits per heavy atom. The van der Waals surface area contributed by atoms with Crippen LogP contribution in [-0.4, -0.2) is 31.3 Å². The molecule has 1 unspecified atom stereocenters. The molecule has 4 nitrogen and oxygen atoms in total. The van der Waals surface area contributed by atoms with E-state index in [1.807, 2.05) is 0 Å². The summed E-state index contributed by atoms with van der Waals surface area (Å²) in [4.78, 5) is 0. The Kier molecular flexibility index (Phi) is 1.42. The summed E-state index contributed by atoms with van der Waals surface area (Å²) >= 11 is 0. The molecule has 4 N–H and O–H groups in total. The molecule has 2 fully saturated rings. The Hall–Kier alpha value is -0.160. The first-order chi connectivity index (χ1) is 4.85. The lowest BCUT2D eigenvalue weighted by Crippen LogP contribution is -2.56. The van der Waals surface area contributed by atoms with E-state index in [1.165, 1.54) is 0 Å². The van der Waals surface area contributed by atoms with E-state index in [2.05, 4.69) is 10.7 Å². The fourth-order valence-electron chi connectivity index (χ4n) is 1.64. The lowest BCUT2D eigenvalue weighted by atomic mass is 9.94. The second kappa shape index (κ2) is 2.17. The van der Waals surface area contributed by atoms with Crippen molar-refractivity contribution in [3.8, 4) is 0 Å². The zero-order valence-corrected chi connectivity index (χ0v) is 5.89.